The van der Waals surface area contributed by atoms with Crippen molar-refractivity contribution >= 4 is 54.9 Å². The summed E-state index contributed by atoms with van der Waals surface area (Å²) in [6.07, 6.45) is 3.20. The summed E-state index contributed by atoms with van der Waals surface area (Å²) in [7, 11) is 3.69. The summed E-state index contributed by atoms with van der Waals surface area (Å²) in [5.41, 5.74) is 1.95. The molecule has 2 amide bonds. The van der Waals surface area contributed by atoms with Crippen LogP contribution in [0.2, 0.25) is 0 Å². The van der Waals surface area contributed by atoms with Crippen LogP contribution >= 0.6 is 22.7 Å². The topological polar surface area (TPSA) is 66.4 Å². The predicted octanol–water partition coefficient (Wildman–Crippen LogP) is 5.33. The van der Waals surface area contributed by atoms with Gasteiger partial charge in [0.2, 0.25) is 11.8 Å². The fourth-order valence-corrected chi connectivity index (χ4v) is 6.84. The van der Waals surface area contributed by atoms with E-state index in [1.807, 2.05) is 50.5 Å². The zero-order valence-electron chi connectivity index (χ0n) is 19.4. The van der Waals surface area contributed by atoms with E-state index in [0.29, 0.717) is 19.5 Å². The molecule has 0 saturated heterocycles. The summed E-state index contributed by atoms with van der Waals surface area (Å²) < 4.78 is 2.27. The molecule has 1 aliphatic rings. The highest BCUT2D eigenvalue weighted by molar-refractivity contribution is 7.18. The number of nitrogens with zero attached hydrogens (tertiary/aromatic N) is 4. The molecule has 6 nitrogen and oxygen atoms in total. The Morgan fingerprint density at radius 2 is 1.24 bits per heavy atom. The molecule has 4 aromatic rings. The lowest BCUT2D eigenvalue weighted by molar-refractivity contribution is -0.140. The van der Waals surface area contributed by atoms with Gasteiger partial charge in [-0.3, -0.25) is 9.59 Å². The fraction of sp³-hybridized carbons (Fsp3) is 0.385. The van der Waals surface area contributed by atoms with Gasteiger partial charge < -0.3 is 9.80 Å². The number of amides is 2. The SMILES string of the molecule is CN(Cc1nc2ccccc2s1)C(=O)C1CCCC(C(=O)N(C)Cc2nc3ccccc3s2)C1. The van der Waals surface area contributed by atoms with Gasteiger partial charge in [0.25, 0.3) is 0 Å². The van der Waals surface area contributed by atoms with Crippen LogP contribution in [0.4, 0.5) is 0 Å². The fourth-order valence-electron chi connectivity index (χ4n) is 4.80. The number of benzene rings is 2. The first-order valence-corrected chi connectivity index (χ1v) is 13.3. The van der Waals surface area contributed by atoms with Crippen molar-refractivity contribution in [3.8, 4) is 0 Å². The van der Waals surface area contributed by atoms with Gasteiger partial charge in [0.15, 0.2) is 0 Å². The Hall–Kier alpha value is -2.84. The summed E-state index contributed by atoms with van der Waals surface area (Å²) in [6.45, 7) is 1.01. The highest BCUT2D eigenvalue weighted by Gasteiger charge is 2.34. The largest absolute Gasteiger partial charge is 0.339 e. The number of thiazole rings is 2. The van der Waals surface area contributed by atoms with E-state index in [2.05, 4.69) is 22.1 Å². The highest BCUT2D eigenvalue weighted by Crippen LogP contribution is 2.33. The van der Waals surface area contributed by atoms with Gasteiger partial charge in [-0.2, -0.15) is 0 Å². The van der Waals surface area contributed by atoms with Gasteiger partial charge >= 0.3 is 0 Å². The maximum atomic E-state index is 13.2. The van der Waals surface area contributed by atoms with Gasteiger partial charge in [0.1, 0.15) is 10.0 Å². The van der Waals surface area contributed by atoms with Gasteiger partial charge in [-0.1, -0.05) is 30.7 Å². The standard InChI is InChI=1S/C26H28N4O2S2/c1-29(15-23-27-19-10-3-5-12-21(19)33-23)25(31)17-8-7-9-18(14-17)26(32)30(2)16-24-28-20-11-4-6-13-22(20)34-24/h3-6,10-13,17-18H,7-9,14-16H2,1-2H3. The molecule has 8 heteroatoms. The summed E-state index contributed by atoms with van der Waals surface area (Å²) in [5, 5.41) is 1.88. The zero-order valence-corrected chi connectivity index (χ0v) is 21.1. The number of para-hydroxylation sites is 2. The van der Waals surface area contributed by atoms with E-state index in [9.17, 15) is 9.59 Å². The molecule has 1 saturated carbocycles. The normalized spacial score (nSPS) is 18.3. The Morgan fingerprint density at radius 3 is 1.68 bits per heavy atom. The Balaban J connectivity index is 1.19. The lowest BCUT2D eigenvalue weighted by atomic mass is 9.80. The van der Waals surface area contributed by atoms with Crippen LogP contribution in [-0.2, 0) is 22.7 Å². The summed E-state index contributed by atoms with van der Waals surface area (Å²) >= 11 is 3.26. The van der Waals surface area contributed by atoms with Gasteiger partial charge in [-0.25, -0.2) is 9.97 Å². The minimum Gasteiger partial charge on any atom is -0.339 e. The van der Waals surface area contributed by atoms with Crippen molar-refractivity contribution in [2.45, 2.75) is 38.8 Å². The third-order valence-corrected chi connectivity index (χ3v) is 8.59. The summed E-state index contributed by atoms with van der Waals surface area (Å²) in [6, 6.07) is 16.1. The molecular weight excluding hydrogens is 464 g/mol. The molecule has 0 N–H and O–H groups in total. The van der Waals surface area contributed by atoms with Crippen LogP contribution in [0, 0.1) is 11.8 Å². The van der Waals surface area contributed by atoms with Crippen molar-refractivity contribution in [1.29, 1.82) is 0 Å². The number of aromatic nitrogens is 2. The summed E-state index contributed by atoms with van der Waals surface area (Å²) in [5.74, 6) is 0.00650. The van der Waals surface area contributed by atoms with Crippen molar-refractivity contribution in [2.24, 2.45) is 11.8 Å². The van der Waals surface area contributed by atoms with Crippen LogP contribution in [0.1, 0.15) is 35.7 Å². The van der Waals surface area contributed by atoms with Crippen LogP contribution < -0.4 is 0 Å². The number of rotatable bonds is 6. The van der Waals surface area contributed by atoms with Gasteiger partial charge in [-0.05, 0) is 43.5 Å². The molecule has 2 heterocycles. The second-order valence-electron chi connectivity index (χ2n) is 9.10. The second-order valence-corrected chi connectivity index (χ2v) is 11.3. The molecular formula is C26H28N4O2S2. The van der Waals surface area contributed by atoms with E-state index in [1.165, 1.54) is 0 Å². The van der Waals surface area contributed by atoms with Gasteiger partial charge in [0, 0.05) is 25.9 Å². The molecule has 34 heavy (non-hydrogen) atoms. The quantitative estimate of drug-likeness (QED) is 0.365. The number of hydrogen-bond donors (Lipinski definition) is 0. The number of fused-ring (bicyclic) bond motifs is 2. The molecule has 1 fully saturated rings. The molecule has 176 valence electrons. The third kappa shape index (κ3) is 4.83. The summed E-state index contributed by atoms with van der Waals surface area (Å²) in [4.78, 5) is 39.3. The van der Waals surface area contributed by atoms with Crippen LogP contribution in [0.3, 0.4) is 0 Å². The average Bonchev–Trinajstić information content (AvgIpc) is 3.45. The Kier molecular flexibility index (Phi) is 6.61. The third-order valence-electron chi connectivity index (χ3n) is 6.55. The Labute approximate surface area is 207 Å². The first-order valence-electron chi connectivity index (χ1n) is 11.7. The molecule has 2 aromatic heterocycles. The van der Waals surface area contributed by atoms with Crippen molar-refractivity contribution in [3.05, 3.63) is 58.5 Å². The van der Waals surface area contributed by atoms with E-state index in [0.717, 1.165) is 49.7 Å². The Bertz CT molecular complexity index is 1160. The molecule has 1 aliphatic carbocycles. The average molecular weight is 493 g/mol. The van der Waals surface area contributed by atoms with Crippen molar-refractivity contribution in [1.82, 2.24) is 19.8 Å². The first-order chi connectivity index (χ1) is 16.5. The van der Waals surface area contributed by atoms with Crippen LogP contribution in [0.25, 0.3) is 20.4 Å². The lowest BCUT2D eigenvalue weighted by Crippen LogP contribution is -2.39. The number of hydrogen-bond acceptors (Lipinski definition) is 6. The smallest absolute Gasteiger partial charge is 0.225 e. The van der Waals surface area contributed by atoms with Crippen LogP contribution in [0.15, 0.2) is 48.5 Å². The minimum atomic E-state index is -0.113. The first kappa shape index (κ1) is 22.9. The number of carbonyl (C=O) groups is 2. The molecule has 5 rings (SSSR count). The second kappa shape index (κ2) is 9.80. The van der Waals surface area contributed by atoms with E-state index in [1.54, 1.807) is 32.5 Å². The molecule has 2 aromatic carbocycles. The lowest BCUT2D eigenvalue weighted by Gasteiger charge is -2.32. The Morgan fingerprint density at radius 1 is 0.794 bits per heavy atom. The minimum absolute atomic E-state index is 0.113. The van der Waals surface area contributed by atoms with Gasteiger partial charge in [0.05, 0.1) is 33.5 Å². The monoisotopic (exact) mass is 492 g/mol. The zero-order chi connectivity index (χ0) is 23.7. The van der Waals surface area contributed by atoms with Crippen molar-refractivity contribution in [3.63, 3.8) is 0 Å². The maximum absolute atomic E-state index is 13.2. The molecule has 2 atom stereocenters. The van der Waals surface area contributed by atoms with Crippen molar-refractivity contribution < 1.29 is 9.59 Å². The van der Waals surface area contributed by atoms with E-state index >= 15 is 0 Å². The van der Waals surface area contributed by atoms with E-state index in [4.69, 9.17) is 0 Å². The molecule has 2 unspecified atom stereocenters. The predicted molar refractivity (Wildman–Crippen MR) is 138 cm³/mol. The highest BCUT2D eigenvalue weighted by atomic mass is 32.1. The van der Waals surface area contributed by atoms with E-state index in [-0.39, 0.29) is 23.7 Å². The molecule has 0 radical (unpaired) electrons. The van der Waals surface area contributed by atoms with Crippen molar-refractivity contribution in [2.75, 3.05) is 14.1 Å². The van der Waals surface area contributed by atoms with E-state index < -0.39 is 0 Å². The molecule has 0 spiro atoms. The number of carbonyl (C=O) groups excluding carboxylic acids is 2. The van der Waals surface area contributed by atoms with Gasteiger partial charge in [-0.15, -0.1) is 22.7 Å². The maximum Gasteiger partial charge on any atom is 0.225 e. The van der Waals surface area contributed by atoms with Crippen LogP contribution in [-0.4, -0.2) is 45.7 Å². The van der Waals surface area contributed by atoms with Crippen LogP contribution in [0.5, 0.6) is 0 Å². The molecule has 0 aliphatic heterocycles. The molecule has 0 bridgehead atoms.